The molecule has 0 spiro atoms. The molecular formula is C18H14N6OS. The van der Waals surface area contributed by atoms with Crippen molar-refractivity contribution in [2.45, 2.75) is 6.92 Å². The molecule has 3 aromatic heterocycles. The quantitative estimate of drug-likeness (QED) is 0.602. The first-order valence-corrected chi connectivity index (χ1v) is 8.71. The van der Waals surface area contributed by atoms with Crippen LogP contribution in [0.3, 0.4) is 0 Å². The second-order valence-electron chi connectivity index (χ2n) is 5.57. The first-order chi connectivity index (χ1) is 12.7. The van der Waals surface area contributed by atoms with Gasteiger partial charge in [0.25, 0.3) is 5.91 Å². The van der Waals surface area contributed by atoms with Gasteiger partial charge in [-0.15, -0.1) is 5.10 Å². The Labute approximate surface area is 153 Å². The standard InChI is InChI=1S/C18H14N6OS/c1-12-15(10-20-24(12)17-4-2-3-9-19-17)18(25)21-14-7-5-13(6-8-14)16-11-26-23-22-16/h2-11H,1H3,(H,21,25). The van der Waals surface area contributed by atoms with E-state index in [2.05, 4.69) is 25.0 Å². The van der Waals surface area contributed by atoms with Crippen LogP contribution >= 0.6 is 11.5 Å². The molecule has 0 fully saturated rings. The third-order valence-electron chi connectivity index (χ3n) is 3.92. The summed E-state index contributed by atoms with van der Waals surface area (Å²) in [5.41, 5.74) is 3.71. The van der Waals surface area contributed by atoms with Crippen LogP contribution in [0.2, 0.25) is 0 Å². The number of aromatic nitrogens is 5. The summed E-state index contributed by atoms with van der Waals surface area (Å²) in [7, 11) is 0. The van der Waals surface area contributed by atoms with E-state index in [0.717, 1.165) is 17.0 Å². The highest BCUT2D eigenvalue weighted by molar-refractivity contribution is 7.03. The summed E-state index contributed by atoms with van der Waals surface area (Å²) in [6.45, 7) is 1.84. The number of carbonyl (C=O) groups excluding carboxylic acids is 1. The molecule has 128 valence electrons. The molecule has 4 rings (SSSR count). The number of anilines is 1. The Morgan fingerprint density at radius 3 is 2.69 bits per heavy atom. The molecule has 0 saturated carbocycles. The highest BCUT2D eigenvalue weighted by Gasteiger charge is 2.16. The molecule has 1 aromatic carbocycles. The zero-order valence-corrected chi connectivity index (χ0v) is 14.6. The molecule has 0 atom stereocenters. The highest BCUT2D eigenvalue weighted by Crippen LogP contribution is 2.21. The largest absolute Gasteiger partial charge is 0.322 e. The fourth-order valence-corrected chi connectivity index (χ4v) is 3.02. The van der Waals surface area contributed by atoms with Crippen LogP contribution in [-0.4, -0.2) is 30.3 Å². The molecule has 0 aliphatic rings. The zero-order chi connectivity index (χ0) is 17.9. The van der Waals surface area contributed by atoms with Gasteiger partial charge in [0, 0.05) is 22.8 Å². The lowest BCUT2D eigenvalue weighted by Gasteiger charge is -2.06. The minimum absolute atomic E-state index is 0.215. The van der Waals surface area contributed by atoms with Crippen LogP contribution in [0.15, 0.2) is 60.2 Å². The minimum atomic E-state index is -0.215. The van der Waals surface area contributed by atoms with E-state index in [-0.39, 0.29) is 5.91 Å². The predicted molar refractivity (Wildman–Crippen MR) is 99.4 cm³/mol. The molecular weight excluding hydrogens is 348 g/mol. The lowest BCUT2D eigenvalue weighted by molar-refractivity contribution is 0.102. The van der Waals surface area contributed by atoms with Gasteiger partial charge in [-0.25, -0.2) is 9.67 Å². The number of nitrogens with one attached hydrogen (secondary N) is 1. The van der Waals surface area contributed by atoms with Crippen molar-refractivity contribution < 1.29 is 4.79 Å². The van der Waals surface area contributed by atoms with Gasteiger partial charge in [0.1, 0.15) is 5.69 Å². The Kier molecular flexibility index (Phi) is 4.24. The maximum absolute atomic E-state index is 12.6. The topological polar surface area (TPSA) is 85.6 Å². The van der Waals surface area contributed by atoms with Crippen molar-refractivity contribution in [3.8, 4) is 17.1 Å². The second kappa shape index (κ2) is 6.85. The van der Waals surface area contributed by atoms with Crippen LogP contribution in [0.4, 0.5) is 5.69 Å². The number of pyridine rings is 1. The van der Waals surface area contributed by atoms with Gasteiger partial charge in [-0.2, -0.15) is 5.10 Å². The van der Waals surface area contributed by atoms with Gasteiger partial charge in [0.2, 0.25) is 0 Å². The van der Waals surface area contributed by atoms with Crippen molar-refractivity contribution in [1.29, 1.82) is 0 Å². The summed E-state index contributed by atoms with van der Waals surface area (Å²) in [5, 5.41) is 13.1. The average Bonchev–Trinajstić information content (AvgIpc) is 3.33. The lowest BCUT2D eigenvalue weighted by atomic mass is 10.1. The molecule has 0 saturated heterocycles. The van der Waals surface area contributed by atoms with Crippen LogP contribution in [0.5, 0.6) is 0 Å². The van der Waals surface area contributed by atoms with E-state index in [4.69, 9.17) is 0 Å². The van der Waals surface area contributed by atoms with Crippen LogP contribution < -0.4 is 5.32 Å². The van der Waals surface area contributed by atoms with Crippen LogP contribution in [0.25, 0.3) is 17.1 Å². The Hall–Kier alpha value is -3.39. The molecule has 26 heavy (non-hydrogen) atoms. The summed E-state index contributed by atoms with van der Waals surface area (Å²) < 4.78 is 5.50. The molecule has 0 aliphatic carbocycles. The summed E-state index contributed by atoms with van der Waals surface area (Å²) in [6, 6.07) is 13.0. The fourth-order valence-electron chi connectivity index (χ4n) is 2.56. The monoisotopic (exact) mass is 362 g/mol. The first kappa shape index (κ1) is 16.1. The summed E-state index contributed by atoms with van der Waals surface area (Å²) in [4.78, 5) is 16.8. The molecule has 7 nitrogen and oxygen atoms in total. The molecule has 0 bridgehead atoms. The highest BCUT2D eigenvalue weighted by atomic mass is 32.1. The van der Waals surface area contributed by atoms with E-state index in [1.54, 1.807) is 17.1 Å². The number of carbonyl (C=O) groups is 1. The van der Waals surface area contributed by atoms with E-state index >= 15 is 0 Å². The number of amides is 1. The third kappa shape index (κ3) is 3.09. The first-order valence-electron chi connectivity index (χ1n) is 7.87. The lowest BCUT2D eigenvalue weighted by Crippen LogP contribution is -2.13. The molecule has 3 heterocycles. The molecule has 4 aromatic rings. The van der Waals surface area contributed by atoms with Crippen molar-refractivity contribution in [1.82, 2.24) is 24.4 Å². The van der Waals surface area contributed by atoms with Crippen molar-refractivity contribution >= 4 is 23.1 Å². The van der Waals surface area contributed by atoms with Crippen molar-refractivity contribution in [3.05, 3.63) is 71.5 Å². The third-order valence-corrected chi connectivity index (χ3v) is 4.42. The van der Waals surface area contributed by atoms with Crippen molar-refractivity contribution in [3.63, 3.8) is 0 Å². The Bertz CT molecular complexity index is 1030. The second-order valence-corrected chi connectivity index (χ2v) is 6.17. The van der Waals surface area contributed by atoms with Gasteiger partial charge >= 0.3 is 0 Å². The molecule has 1 amide bonds. The maximum Gasteiger partial charge on any atom is 0.259 e. The molecule has 0 aliphatic heterocycles. The molecule has 0 radical (unpaired) electrons. The van der Waals surface area contributed by atoms with Gasteiger partial charge in [0.15, 0.2) is 5.82 Å². The predicted octanol–water partition coefficient (Wildman–Crippen LogP) is 3.35. The smallest absolute Gasteiger partial charge is 0.259 e. The van der Waals surface area contributed by atoms with Gasteiger partial charge in [-0.1, -0.05) is 22.7 Å². The van der Waals surface area contributed by atoms with Crippen LogP contribution in [0, 0.1) is 6.92 Å². The van der Waals surface area contributed by atoms with E-state index in [0.29, 0.717) is 17.1 Å². The average molecular weight is 362 g/mol. The number of hydrogen-bond acceptors (Lipinski definition) is 6. The fraction of sp³-hybridized carbons (Fsp3) is 0.0556. The van der Waals surface area contributed by atoms with Gasteiger partial charge < -0.3 is 5.32 Å². The Morgan fingerprint density at radius 2 is 2.00 bits per heavy atom. The van der Waals surface area contributed by atoms with Gasteiger partial charge in [-0.05, 0) is 42.7 Å². The maximum atomic E-state index is 12.6. The summed E-state index contributed by atoms with van der Waals surface area (Å²) in [5.74, 6) is 0.457. The van der Waals surface area contributed by atoms with Crippen LogP contribution in [0.1, 0.15) is 16.1 Å². The van der Waals surface area contributed by atoms with E-state index in [1.807, 2.05) is 54.8 Å². The Morgan fingerprint density at radius 1 is 1.15 bits per heavy atom. The van der Waals surface area contributed by atoms with Crippen LogP contribution in [-0.2, 0) is 0 Å². The van der Waals surface area contributed by atoms with Gasteiger partial charge in [0.05, 0.1) is 17.5 Å². The number of nitrogens with zero attached hydrogens (tertiary/aromatic N) is 5. The molecule has 8 heteroatoms. The zero-order valence-electron chi connectivity index (χ0n) is 13.8. The number of benzene rings is 1. The van der Waals surface area contributed by atoms with E-state index < -0.39 is 0 Å². The van der Waals surface area contributed by atoms with Crippen molar-refractivity contribution in [2.75, 3.05) is 5.32 Å². The van der Waals surface area contributed by atoms with Crippen molar-refractivity contribution in [2.24, 2.45) is 0 Å². The number of rotatable bonds is 4. The minimum Gasteiger partial charge on any atom is -0.322 e. The van der Waals surface area contributed by atoms with E-state index in [1.165, 1.54) is 11.5 Å². The molecule has 0 unspecified atom stereocenters. The van der Waals surface area contributed by atoms with Gasteiger partial charge in [-0.3, -0.25) is 4.79 Å². The molecule has 1 N–H and O–H groups in total. The van der Waals surface area contributed by atoms with E-state index in [9.17, 15) is 4.79 Å². The Balaban J connectivity index is 1.53. The normalized spacial score (nSPS) is 10.7. The summed E-state index contributed by atoms with van der Waals surface area (Å²) >= 11 is 1.30. The SMILES string of the molecule is Cc1c(C(=O)Nc2ccc(-c3csnn3)cc2)cnn1-c1ccccn1. The number of hydrogen-bond donors (Lipinski definition) is 1. The summed E-state index contributed by atoms with van der Waals surface area (Å²) in [6.07, 6.45) is 3.24.